The summed E-state index contributed by atoms with van der Waals surface area (Å²) in [5.41, 5.74) is 1.43. The van der Waals surface area contributed by atoms with Crippen LogP contribution in [0.15, 0.2) is 60.3 Å². The molecule has 2 atom stereocenters. The van der Waals surface area contributed by atoms with E-state index < -0.39 is 12.3 Å². The maximum Gasteiger partial charge on any atom is 0.276 e. The van der Waals surface area contributed by atoms with Gasteiger partial charge in [0.1, 0.15) is 23.7 Å². The number of alkyl halides is 2. The average Bonchev–Trinajstić information content (AvgIpc) is 3.08. The molecule has 1 aromatic heterocycles. The minimum atomic E-state index is -1.73. The Labute approximate surface area is 149 Å². The molecule has 0 spiro atoms. The number of para-hydroxylation sites is 1. The van der Waals surface area contributed by atoms with E-state index >= 15 is 0 Å². The van der Waals surface area contributed by atoms with Gasteiger partial charge in [-0.1, -0.05) is 18.2 Å². The Morgan fingerprint density at radius 1 is 1.15 bits per heavy atom. The van der Waals surface area contributed by atoms with E-state index in [4.69, 9.17) is 4.74 Å². The van der Waals surface area contributed by atoms with Crippen molar-refractivity contribution in [2.75, 3.05) is 6.54 Å². The Balaban J connectivity index is 1.49. The number of allylic oxidation sites excluding steroid dienone is 3. The second kappa shape index (κ2) is 6.74. The smallest absolute Gasteiger partial charge is 0.276 e. The van der Waals surface area contributed by atoms with Crippen molar-refractivity contribution in [1.82, 2.24) is 14.7 Å². The molecule has 0 fully saturated rings. The van der Waals surface area contributed by atoms with Crippen LogP contribution in [0.3, 0.4) is 0 Å². The zero-order chi connectivity index (χ0) is 18.1. The fourth-order valence-electron chi connectivity index (χ4n) is 3.03. The summed E-state index contributed by atoms with van der Waals surface area (Å²) in [7, 11) is 0. The molecule has 0 saturated heterocycles. The van der Waals surface area contributed by atoms with Crippen LogP contribution in [-0.4, -0.2) is 39.5 Å². The number of amides is 1. The highest BCUT2D eigenvalue weighted by molar-refractivity contribution is 5.94. The molecule has 26 heavy (non-hydrogen) atoms. The van der Waals surface area contributed by atoms with Gasteiger partial charge in [0.15, 0.2) is 12.3 Å². The highest BCUT2D eigenvalue weighted by Crippen LogP contribution is 2.24. The number of fused-ring (bicyclic) bond motifs is 1. The van der Waals surface area contributed by atoms with Crippen molar-refractivity contribution in [1.29, 1.82) is 0 Å². The van der Waals surface area contributed by atoms with Gasteiger partial charge in [-0.2, -0.15) is 5.10 Å². The van der Waals surface area contributed by atoms with Crippen molar-refractivity contribution < 1.29 is 18.3 Å². The molecule has 7 heteroatoms. The third-order valence-electron chi connectivity index (χ3n) is 4.36. The van der Waals surface area contributed by atoms with E-state index in [0.29, 0.717) is 30.2 Å². The van der Waals surface area contributed by atoms with E-state index in [2.05, 4.69) is 5.10 Å². The summed E-state index contributed by atoms with van der Waals surface area (Å²) < 4.78 is 34.1. The summed E-state index contributed by atoms with van der Waals surface area (Å²) in [6.07, 6.45) is 0.339. The third-order valence-corrected chi connectivity index (χ3v) is 4.36. The number of halogens is 2. The minimum Gasteiger partial charge on any atom is -0.487 e. The van der Waals surface area contributed by atoms with E-state index in [1.165, 1.54) is 11.0 Å². The Morgan fingerprint density at radius 2 is 1.96 bits per heavy atom. The van der Waals surface area contributed by atoms with E-state index in [9.17, 15) is 13.6 Å². The van der Waals surface area contributed by atoms with Crippen LogP contribution < -0.4 is 4.74 Å². The molecule has 1 aliphatic heterocycles. The normalized spacial score (nSPS) is 22.2. The fraction of sp³-hybridized carbons (Fsp3) is 0.263. The monoisotopic (exact) mass is 357 g/mol. The van der Waals surface area contributed by atoms with Crippen LogP contribution in [0.25, 0.3) is 0 Å². The fourth-order valence-corrected chi connectivity index (χ4v) is 3.03. The molecule has 4 rings (SSSR count). The first kappa shape index (κ1) is 16.5. The van der Waals surface area contributed by atoms with Crippen LogP contribution in [-0.2, 0) is 13.2 Å². The Hall–Kier alpha value is -2.96. The lowest BCUT2D eigenvalue weighted by molar-refractivity contribution is 0.0756. The first-order valence-electron chi connectivity index (χ1n) is 8.36. The second-order valence-electron chi connectivity index (χ2n) is 6.14. The summed E-state index contributed by atoms with van der Waals surface area (Å²) in [4.78, 5) is 14.2. The van der Waals surface area contributed by atoms with E-state index in [1.54, 1.807) is 10.7 Å². The van der Waals surface area contributed by atoms with E-state index in [1.807, 2.05) is 30.3 Å². The number of ether oxygens (including phenoxy) is 1. The minimum absolute atomic E-state index is 0.246. The standard InChI is InChI=1S/C19H17F2N3O2/c20-16-7-6-14(11-17(16)21)23-8-9-24-18(19(23)25)10-13(22-24)12-26-15-4-2-1-3-5-15/h1-7,10-11,16-17H,8-9,12H2. The number of rotatable bonds is 4. The largest absolute Gasteiger partial charge is 0.487 e. The maximum atomic E-state index is 13.6. The van der Waals surface area contributed by atoms with Crippen LogP contribution >= 0.6 is 0 Å². The first-order valence-corrected chi connectivity index (χ1v) is 8.36. The SMILES string of the molecule is O=C1c2cc(COc3ccccc3)nn2CCN1C1=CC(F)C(F)C=C1. The molecule has 2 aliphatic rings. The van der Waals surface area contributed by atoms with Gasteiger partial charge in [0, 0.05) is 12.2 Å². The summed E-state index contributed by atoms with van der Waals surface area (Å²) in [6.45, 7) is 1.08. The van der Waals surface area contributed by atoms with Crippen molar-refractivity contribution in [3.8, 4) is 5.75 Å². The second-order valence-corrected chi connectivity index (χ2v) is 6.14. The number of nitrogens with zero attached hydrogens (tertiary/aromatic N) is 3. The molecule has 0 N–H and O–H groups in total. The summed E-state index contributed by atoms with van der Waals surface area (Å²) >= 11 is 0. The van der Waals surface area contributed by atoms with Crippen LogP contribution in [0.5, 0.6) is 5.75 Å². The number of benzene rings is 1. The lowest BCUT2D eigenvalue weighted by Gasteiger charge is -2.30. The summed E-state index contributed by atoms with van der Waals surface area (Å²) in [5.74, 6) is 0.439. The predicted octanol–water partition coefficient (Wildman–Crippen LogP) is 3.05. The molecular formula is C19H17F2N3O2. The summed E-state index contributed by atoms with van der Waals surface area (Å²) in [6, 6.07) is 11.0. The van der Waals surface area contributed by atoms with Gasteiger partial charge in [-0.05, 0) is 36.4 Å². The highest BCUT2D eigenvalue weighted by atomic mass is 19.2. The number of carbonyl (C=O) groups is 1. The number of aromatic nitrogens is 2. The van der Waals surface area contributed by atoms with Gasteiger partial charge in [0.25, 0.3) is 5.91 Å². The van der Waals surface area contributed by atoms with E-state index in [0.717, 1.165) is 17.9 Å². The van der Waals surface area contributed by atoms with Gasteiger partial charge in [0.2, 0.25) is 0 Å². The van der Waals surface area contributed by atoms with Crippen LogP contribution in [0, 0.1) is 0 Å². The number of hydrogen-bond acceptors (Lipinski definition) is 3. The molecule has 1 aliphatic carbocycles. The Morgan fingerprint density at radius 3 is 2.73 bits per heavy atom. The topological polar surface area (TPSA) is 47.4 Å². The molecule has 1 aromatic carbocycles. The van der Waals surface area contributed by atoms with Crippen molar-refractivity contribution in [2.24, 2.45) is 0 Å². The summed E-state index contributed by atoms with van der Waals surface area (Å²) in [5, 5.41) is 4.40. The van der Waals surface area contributed by atoms with Crippen LogP contribution in [0.1, 0.15) is 16.2 Å². The maximum absolute atomic E-state index is 13.6. The molecular weight excluding hydrogens is 340 g/mol. The van der Waals surface area contributed by atoms with Gasteiger partial charge in [-0.3, -0.25) is 9.48 Å². The predicted molar refractivity (Wildman–Crippen MR) is 91.1 cm³/mol. The molecule has 5 nitrogen and oxygen atoms in total. The molecule has 0 bridgehead atoms. The van der Waals surface area contributed by atoms with Crippen LogP contribution in [0.2, 0.25) is 0 Å². The van der Waals surface area contributed by atoms with E-state index in [-0.39, 0.29) is 12.5 Å². The Bertz CT molecular complexity index is 876. The molecule has 1 amide bonds. The molecule has 0 radical (unpaired) electrons. The van der Waals surface area contributed by atoms with Crippen molar-refractivity contribution in [3.05, 3.63) is 71.7 Å². The average molecular weight is 357 g/mol. The van der Waals surface area contributed by atoms with Crippen molar-refractivity contribution in [3.63, 3.8) is 0 Å². The molecule has 134 valence electrons. The highest BCUT2D eigenvalue weighted by Gasteiger charge is 2.30. The molecule has 2 heterocycles. The molecule has 2 aromatic rings. The third kappa shape index (κ3) is 3.12. The van der Waals surface area contributed by atoms with Gasteiger partial charge in [0.05, 0.1) is 6.54 Å². The lowest BCUT2D eigenvalue weighted by atomic mass is 10.1. The van der Waals surface area contributed by atoms with Crippen molar-refractivity contribution >= 4 is 5.91 Å². The van der Waals surface area contributed by atoms with Crippen molar-refractivity contribution in [2.45, 2.75) is 25.5 Å². The first-order chi connectivity index (χ1) is 12.6. The number of carbonyl (C=O) groups excluding carboxylic acids is 1. The van der Waals surface area contributed by atoms with Gasteiger partial charge in [-0.25, -0.2) is 8.78 Å². The van der Waals surface area contributed by atoms with Crippen LogP contribution in [0.4, 0.5) is 8.78 Å². The van der Waals surface area contributed by atoms with Gasteiger partial charge >= 0.3 is 0 Å². The zero-order valence-corrected chi connectivity index (χ0v) is 13.9. The molecule has 2 unspecified atom stereocenters. The lowest BCUT2D eigenvalue weighted by Crippen LogP contribution is -2.40. The van der Waals surface area contributed by atoms with Gasteiger partial charge < -0.3 is 9.64 Å². The molecule has 0 saturated carbocycles. The number of hydrogen-bond donors (Lipinski definition) is 0. The zero-order valence-electron chi connectivity index (χ0n) is 13.9. The Kier molecular flexibility index (Phi) is 4.28. The van der Waals surface area contributed by atoms with Gasteiger partial charge in [-0.15, -0.1) is 0 Å². The quantitative estimate of drug-likeness (QED) is 0.845.